The van der Waals surface area contributed by atoms with Crippen LogP contribution in [0.4, 0.5) is 0 Å². The van der Waals surface area contributed by atoms with E-state index >= 15 is 0 Å². The second-order valence-electron chi connectivity index (χ2n) is 5.45. The van der Waals surface area contributed by atoms with Gasteiger partial charge in [-0.25, -0.2) is 0 Å². The highest BCUT2D eigenvalue weighted by Crippen LogP contribution is 2.18. The van der Waals surface area contributed by atoms with Crippen LogP contribution in [0.2, 0.25) is 13.1 Å². The van der Waals surface area contributed by atoms with Crippen LogP contribution >= 0.6 is 0 Å². The number of benzene rings is 1. The van der Waals surface area contributed by atoms with Crippen LogP contribution in [0.5, 0.6) is 0 Å². The molecule has 1 heterocycles. The van der Waals surface area contributed by atoms with Crippen LogP contribution in [-0.4, -0.2) is 19.6 Å². The Morgan fingerprint density at radius 3 is 2.59 bits per heavy atom. The number of hydrogen-bond donors (Lipinski definition) is 1. The summed E-state index contributed by atoms with van der Waals surface area (Å²) in [4.78, 5) is 11.7. The van der Waals surface area contributed by atoms with Crippen molar-refractivity contribution in [2.45, 2.75) is 44.4 Å². The monoisotopic (exact) mass is 247 g/mol. The van der Waals surface area contributed by atoms with Crippen LogP contribution in [0.25, 0.3) is 0 Å². The van der Waals surface area contributed by atoms with Gasteiger partial charge in [-0.2, -0.15) is 0 Å². The molecule has 1 fully saturated rings. The van der Waals surface area contributed by atoms with Gasteiger partial charge in [-0.1, -0.05) is 55.0 Å². The fourth-order valence-corrected chi connectivity index (χ4v) is 5.48. The fraction of sp³-hybridized carbons (Fsp3) is 0.500. The van der Waals surface area contributed by atoms with Gasteiger partial charge in [-0.05, 0) is 12.8 Å². The fourth-order valence-electron chi connectivity index (χ4n) is 2.58. The molecule has 0 aromatic heterocycles. The van der Waals surface area contributed by atoms with Gasteiger partial charge in [0.25, 0.3) is 0 Å². The Balaban J connectivity index is 2.22. The molecule has 1 atom stereocenters. The first kappa shape index (κ1) is 12.4. The smallest absolute Gasteiger partial charge is 0.219 e. The summed E-state index contributed by atoms with van der Waals surface area (Å²) in [6, 6.07) is 10.7. The summed E-state index contributed by atoms with van der Waals surface area (Å²) in [6.07, 6.45) is 4.06. The van der Waals surface area contributed by atoms with E-state index in [0.717, 1.165) is 12.8 Å². The zero-order valence-electron chi connectivity index (χ0n) is 10.7. The zero-order chi connectivity index (χ0) is 12.3. The number of amides is 1. The number of carbonyl (C=O) groups excluding carboxylic acids is 1. The highest BCUT2D eigenvalue weighted by molar-refractivity contribution is 6.91. The molecule has 1 saturated heterocycles. The van der Waals surface area contributed by atoms with Gasteiger partial charge in [0.15, 0.2) is 0 Å². The second-order valence-corrected chi connectivity index (χ2v) is 10.2. The summed E-state index contributed by atoms with van der Waals surface area (Å²) in [7, 11) is -1.58. The lowest BCUT2D eigenvalue weighted by Gasteiger charge is -2.32. The number of rotatable bonds is 2. The van der Waals surface area contributed by atoms with Gasteiger partial charge in [-0.3, -0.25) is 4.79 Å². The maximum absolute atomic E-state index is 11.7. The van der Waals surface area contributed by atoms with Crippen molar-refractivity contribution >= 4 is 19.2 Å². The molecule has 1 aliphatic heterocycles. The van der Waals surface area contributed by atoms with Crippen molar-refractivity contribution in [3.05, 3.63) is 30.3 Å². The first-order valence-electron chi connectivity index (χ1n) is 6.45. The number of carbonyl (C=O) groups is 1. The average molecular weight is 247 g/mol. The summed E-state index contributed by atoms with van der Waals surface area (Å²) in [5.41, 5.74) is 0.389. The van der Waals surface area contributed by atoms with E-state index in [9.17, 15) is 4.79 Å². The standard InChI is InChI=1S/C14H21NOSi/c1-17(2,12-8-4-3-5-9-12)14-11-7-6-10-13(16)15-14/h3-5,8-9,14H,6-7,10-11H2,1-2H3,(H,15,16). The lowest BCUT2D eigenvalue weighted by molar-refractivity contribution is -0.121. The largest absolute Gasteiger partial charge is 0.356 e. The molecule has 3 heteroatoms. The van der Waals surface area contributed by atoms with E-state index in [-0.39, 0.29) is 5.91 Å². The van der Waals surface area contributed by atoms with Crippen LogP contribution in [0.1, 0.15) is 25.7 Å². The van der Waals surface area contributed by atoms with Gasteiger partial charge in [0.1, 0.15) is 8.07 Å². The normalized spacial score (nSPS) is 21.8. The van der Waals surface area contributed by atoms with Gasteiger partial charge in [0, 0.05) is 12.1 Å². The van der Waals surface area contributed by atoms with Crippen LogP contribution in [0.15, 0.2) is 30.3 Å². The van der Waals surface area contributed by atoms with E-state index < -0.39 is 8.07 Å². The van der Waals surface area contributed by atoms with Crippen molar-refractivity contribution in [1.29, 1.82) is 0 Å². The summed E-state index contributed by atoms with van der Waals surface area (Å²) in [5.74, 6) is 0.240. The Kier molecular flexibility index (Phi) is 3.67. The number of nitrogens with one attached hydrogen (secondary N) is 1. The molecule has 2 rings (SSSR count). The van der Waals surface area contributed by atoms with Crippen LogP contribution in [0.3, 0.4) is 0 Å². The summed E-state index contributed by atoms with van der Waals surface area (Å²) in [6.45, 7) is 4.72. The quantitative estimate of drug-likeness (QED) is 0.798. The lowest BCUT2D eigenvalue weighted by atomic mass is 10.2. The second kappa shape index (κ2) is 5.04. The lowest BCUT2D eigenvalue weighted by Crippen LogP contribution is -2.59. The Bertz CT molecular complexity index is 388. The van der Waals surface area contributed by atoms with Gasteiger partial charge in [0.05, 0.1) is 0 Å². The van der Waals surface area contributed by atoms with Crippen molar-refractivity contribution in [3.8, 4) is 0 Å². The Labute approximate surface area is 104 Å². The van der Waals surface area contributed by atoms with Gasteiger partial charge in [-0.15, -0.1) is 0 Å². The minimum Gasteiger partial charge on any atom is -0.356 e. The van der Waals surface area contributed by atoms with E-state index in [1.165, 1.54) is 11.6 Å². The van der Waals surface area contributed by atoms with Crippen molar-refractivity contribution < 1.29 is 4.79 Å². The molecular weight excluding hydrogens is 226 g/mol. The van der Waals surface area contributed by atoms with Gasteiger partial charge < -0.3 is 5.32 Å². The van der Waals surface area contributed by atoms with Crippen LogP contribution < -0.4 is 10.5 Å². The highest BCUT2D eigenvalue weighted by Gasteiger charge is 2.35. The molecule has 0 aliphatic carbocycles. The van der Waals surface area contributed by atoms with Crippen LogP contribution in [0, 0.1) is 0 Å². The van der Waals surface area contributed by atoms with Crippen molar-refractivity contribution in [3.63, 3.8) is 0 Å². The molecule has 1 N–H and O–H groups in total. The molecule has 0 radical (unpaired) electrons. The third-order valence-electron chi connectivity index (χ3n) is 3.87. The van der Waals surface area contributed by atoms with Gasteiger partial charge >= 0.3 is 0 Å². The Hall–Kier alpha value is -1.09. The molecule has 92 valence electrons. The molecule has 0 spiro atoms. The van der Waals surface area contributed by atoms with E-state index in [1.807, 2.05) is 0 Å². The van der Waals surface area contributed by atoms with Crippen molar-refractivity contribution in [1.82, 2.24) is 5.32 Å². The van der Waals surface area contributed by atoms with Crippen molar-refractivity contribution in [2.24, 2.45) is 0 Å². The molecule has 2 nitrogen and oxygen atoms in total. The topological polar surface area (TPSA) is 29.1 Å². The molecule has 1 aromatic carbocycles. The minimum absolute atomic E-state index is 0.240. The summed E-state index contributed by atoms with van der Waals surface area (Å²) < 4.78 is 0. The molecule has 1 amide bonds. The molecular formula is C14H21NOSi. The predicted octanol–water partition coefficient (Wildman–Crippen LogP) is 2.20. The van der Waals surface area contributed by atoms with Gasteiger partial charge in [0.2, 0.25) is 5.91 Å². The van der Waals surface area contributed by atoms with E-state index in [0.29, 0.717) is 12.1 Å². The first-order chi connectivity index (χ1) is 8.10. The number of hydrogen-bond acceptors (Lipinski definition) is 1. The molecule has 1 aliphatic rings. The predicted molar refractivity (Wildman–Crippen MR) is 74.0 cm³/mol. The Morgan fingerprint density at radius 2 is 1.88 bits per heavy atom. The highest BCUT2D eigenvalue weighted by atomic mass is 28.3. The molecule has 0 bridgehead atoms. The first-order valence-corrected chi connectivity index (χ1v) is 9.53. The molecule has 17 heavy (non-hydrogen) atoms. The maximum atomic E-state index is 11.7. The SMILES string of the molecule is C[Si](C)(c1ccccc1)C1CCCCC(=O)N1. The van der Waals surface area contributed by atoms with E-state index in [1.54, 1.807) is 0 Å². The zero-order valence-corrected chi connectivity index (χ0v) is 11.7. The Morgan fingerprint density at radius 1 is 1.18 bits per heavy atom. The van der Waals surface area contributed by atoms with Crippen LogP contribution in [-0.2, 0) is 4.79 Å². The third-order valence-corrected chi connectivity index (χ3v) is 7.87. The summed E-state index contributed by atoms with van der Waals surface area (Å²) in [5, 5.41) is 4.68. The maximum Gasteiger partial charge on any atom is 0.219 e. The van der Waals surface area contributed by atoms with E-state index in [2.05, 4.69) is 48.7 Å². The molecule has 1 unspecified atom stereocenters. The average Bonchev–Trinajstić information content (AvgIpc) is 2.55. The molecule has 1 aromatic rings. The minimum atomic E-state index is -1.58. The third kappa shape index (κ3) is 2.78. The van der Waals surface area contributed by atoms with Crippen molar-refractivity contribution in [2.75, 3.05) is 0 Å². The van der Waals surface area contributed by atoms with E-state index in [4.69, 9.17) is 0 Å². The molecule has 0 saturated carbocycles. The summed E-state index contributed by atoms with van der Waals surface area (Å²) >= 11 is 0.